The van der Waals surface area contributed by atoms with Crippen LogP contribution in [0.25, 0.3) is 11.2 Å². The first-order valence-electron chi connectivity index (χ1n) is 8.99. The van der Waals surface area contributed by atoms with Gasteiger partial charge in [0.15, 0.2) is 11.2 Å². The Morgan fingerprint density at radius 2 is 1.81 bits per heavy atom. The minimum Gasteiger partial charge on any atom is -0.369 e. The molecule has 1 aliphatic rings. The van der Waals surface area contributed by atoms with Gasteiger partial charge in [0, 0.05) is 47.8 Å². The Labute approximate surface area is 152 Å². The zero-order valence-corrected chi connectivity index (χ0v) is 16.0. The molecule has 1 saturated heterocycles. The number of rotatable bonds is 5. The standard InChI is InChI=1S/C17H27N7O2/c1-20(2)12-18-8-11-24-13-14(21(3)17(26)22(4)15(13)25)19-16(24)23-9-6-5-7-10-23/h12H,5-11H2,1-4H3. The molecule has 0 spiro atoms. The van der Waals surface area contributed by atoms with Crippen molar-refractivity contribution < 1.29 is 0 Å². The molecular weight excluding hydrogens is 334 g/mol. The van der Waals surface area contributed by atoms with Crippen LogP contribution in [0.2, 0.25) is 0 Å². The molecule has 2 aromatic rings. The van der Waals surface area contributed by atoms with Crippen molar-refractivity contribution in [3.8, 4) is 0 Å². The molecular formula is C17H27N7O2. The van der Waals surface area contributed by atoms with E-state index < -0.39 is 0 Å². The molecule has 3 heterocycles. The predicted molar refractivity (Wildman–Crippen MR) is 103 cm³/mol. The van der Waals surface area contributed by atoms with Gasteiger partial charge in [-0.25, -0.2) is 4.79 Å². The Bertz CT molecular complexity index is 929. The van der Waals surface area contributed by atoms with E-state index in [1.807, 2.05) is 23.6 Å². The van der Waals surface area contributed by atoms with Gasteiger partial charge in [0.25, 0.3) is 5.56 Å². The smallest absolute Gasteiger partial charge is 0.332 e. The second kappa shape index (κ2) is 7.35. The highest BCUT2D eigenvalue weighted by atomic mass is 16.2. The fraction of sp³-hybridized carbons (Fsp3) is 0.647. The third-order valence-corrected chi connectivity index (χ3v) is 4.73. The first-order chi connectivity index (χ1) is 12.4. The van der Waals surface area contributed by atoms with Crippen molar-refractivity contribution in [1.82, 2.24) is 23.6 Å². The summed E-state index contributed by atoms with van der Waals surface area (Å²) in [6.07, 6.45) is 5.19. The van der Waals surface area contributed by atoms with Crippen LogP contribution < -0.4 is 16.1 Å². The van der Waals surface area contributed by atoms with Gasteiger partial charge in [-0.3, -0.25) is 18.9 Å². The predicted octanol–water partition coefficient (Wildman–Crippen LogP) is 0.0139. The summed E-state index contributed by atoms with van der Waals surface area (Å²) in [7, 11) is 7.00. The van der Waals surface area contributed by atoms with Crippen molar-refractivity contribution in [1.29, 1.82) is 0 Å². The molecule has 0 aliphatic carbocycles. The molecule has 26 heavy (non-hydrogen) atoms. The van der Waals surface area contributed by atoms with E-state index in [9.17, 15) is 9.59 Å². The van der Waals surface area contributed by atoms with Gasteiger partial charge in [-0.15, -0.1) is 0 Å². The van der Waals surface area contributed by atoms with Crippen LogP contribution >= 0.6 is 0 Å². The van der Waals surface area contributed by atoms with Crippen LogP contribution in [-0.4, -0.2) is 63.7 Å². The molecule has 0 aromatic carbocycles. The Balaban J connectivity index is 2.13. The summed E-state index contributed by atoms with van der Waals surface area (Å²) in [6.45, 7) is 2.91. The van der Waals surface area contributed by atoms with Gasteiger partial charge >= 0.3 is 5.69 Å². The van der Waals surface area contributed by atoms with E-state index in [1.54, 1.807) is 13.4 Å². The number of nitrogens with zero attached hydrogens (tertiary/aromatic N) is 7. The number of aromatic nitrogens is 4. The molecule has 0 amide bonds. The second-order valence-electron chi connectivity index (χ2n) is 6.97. The lowest BCUT2D eigenvalue weighted by Crippen LogP contribution is -2.37. The van der Waals surface area contributed by atoms with Crippen LogP contribution in [0.1, 0.15) is 19.3 Å². The lowest BCUT2D eigenvalue weighted by Gasteiger charge is -2.28. The van der Waals surface area contributed by atoms with E-state index in [2.05, 4.69) is 14.9 Å². The monoisotopic (exact) mass is 361 g/mol. The normalized spacial score (nSPS) is 15.3. The average Bonchev–Trinajstić information content (AvgIpc) is 3.02. The fourth-order valence-corrected chi connectivity index (χ4v) is 3.36. The van der Waals surface area contributed by atoms with Crippen LogP contribution in [0.3, 0.4) is 0 Å². The highest BCUT2D eigenvalue weighted by molar-refractivity contribution is 5.74. The first kappa shape index (κ1) is 18.2. The largest absolute Gasteiger partial charge is 0.369 e. The number of anilines is 1. The number of fused-ring (bicyclic) bond motifs is 1. The Hall–Kier alpha value is -2.58. The zero-order valence-electron chi connectivity index (χ0n) is 16.0. The van der Waals surface area contributed by atoms with Gasteiger partial charge in [-0.1, -0.05) is 0 Å². The molecule has 9 heteroatoms. The average molecular weight is 361 g/mol. The molecule has 142 valence electrons. The highest BCUT2D eigenvalue weighted by Gasteiger charge is 2.23. The number of aryl methyl sites for hydroxylation is 1. The maximum atomic E-state index is 12.8. The van der Waals surface area contributed by atoms with Gasteiger partial charge in [0.05, 0.1) is 12.9 Å². The van der Waals surface area contributed by atoms with Crippen molar-refractivity contribution in [3.05, 3.63) is 20.8 Å². The topological polar surface area (TPSA) is 80.7 Å². The summed E-state index contributed by atoms with van der Waals surface area (Å²) < 4.78 is 4.52. The van der Waals surface area contributed by atoms with Crippen molar-refractivity contribution in [2.45, 2.75) is 25.8 Å². The first-order valence-corrected chi connectivity index (χ1v) is 8.99. The van der Waals surface area contributed by atoms with Gasteiger partial charge in [0.2, 0.25) is 5.95 Å². The van der Waals surface area contributed by atoms with E-state index >= 15 is 0 Å². The molecule has 0 saturated carbocycles. The van der Waals surface area contributed by atoms with Crippen molar-refractivity contribution in [2.75, 3.05) is 38.6 Å². The minimum atomic E-state index is -0.358. The van der Waals surface area contributed by atoms with Crippen LogP contribution in [-0.2, 0) is 20.6 Å². The molecule has 2 aromatic heterocycles. The summed E-state index contributed by atoms with van der Waals surface area (Å²) in [4.78, 5) is 38.2. The van der Waals surface area contributed by atoms with Crippen molar-refractivity contribution >= 4 is 23.5 Å². The maximum Gasteiger partial charge on any atom is 0.332 e. The summed E-state index contributed by atoms with van der Waals surface area (Å²) in [6, 6.07) is 0. The molecule has 0 bridgehead atoms. The molecule has 0 atom stereocenters. The van der Waals surface area contributed by atoms with Gasteiger partial charge in [-0.2, -0.15) is 4.98 Å². The van der Waals surface area contributed by atoms with Crippen LogP contribution in [0.4, 0.5) is 5.95 Å². The Morgan fingerprint density at radius 3 is 2.46 bits per heavy atom. The molecule has 1 aliphatic heterocycles. The zero-order chi connectivity index (χ0) is 18.8. The summed E-state index contributed by atoms with van der Waals surface area (Å²) >= 11 is 0. The molecule has 0 N–H and O–H groups in total. The SMILES string of the molecule is CN(C)C=NCCn1c(N2CCCCC2)nc2c1c(=O)n(C)c(=O)n2C. The lowest BCUT2D eigenvalue weighted by molar-refractivity contribution is 0.555. The number of aliphatic imine (C=N–C) groups is 1. The summed E-state index contributed by atoms with van der Waals surface area (Å²) in [5.74, 6) is 0.762. The third kappa shape index (κ3) is 3.25. The fourth-order valence-electron chi connectivity index (χ4n) is 3.36. The van der Waals surface area contributed by atoms with E-state index in [-0.39, 0.29) is 11.2 Å². The van der Waals surface area contributed by atoms with E-state index in [0.717, 1.165) is 36.4 Å². The van der Waals surface area contributed by atoms with Gasteiger partial charge in [0.1, 0.15) is 0 Å². The lowest BCUT2D eigenvalue weighted by atomic mass is 10.1. The summed E-state index contributed by atoms with van der Waals surface area (Å²) in [5, 5.41) is 0. The number of piperidine rings is 1. The van der Waals surface area contributed by atoms with E-state index in [0.29, 0.717) is 24.3 Å². The van der Waals surface area contributed by atoms with Crippen molar-refractivity contribution in [3.63, 3.8) is 0 Å². The van der Waals surface area contributed by atoms with Crippen LogP contribution in [0.5, 0.6) is 0 Å². The quantitative estimate of drug-likeness (QED) is 0.554. The molecule has 0 unspecified atom stereocenters. The highest BCUT2D eigenvalue weighted by Crippen LogP contribution is 2.22. The van der Waals surface area contributed by atoms with Crippen LogP contribution in [0.15, 0.2) is 14.6 Å². The minimum absolute atomic E-state index is 0.310. The van der Waals surface area contributed by atoms with E-state index in [1.165, 1.54) is 18.0 Å². The number of hydrogen-bond acceptors (Lipinski definition) is 5. The second-order valence-corrected chi connectivity index (χ2v) is 6.97. The van der Waals surface area contributed by atoms with Crippen LogP contribution in [0, 0.1) is 0 Å². The van der Waals surface area contributed by atoms with Crippen molar-refractivity contribution in [2.24, 2.45) is 19.1 Å². The molecule has 9 nitrogen and oxygen atoms in total. The number of imidazole rings is 1. The molecule has 3 rings (SSSR count). The van der Waals surface area contributed by atoms with Gasteiger partial charge in [-0.05, 0) is 19.3 Å². The maximum absolute atomic E-state index is 12.8. The van der Waals surface area contributed by atoms with Gasteiger partial charge < -0.3 is 14.4 Å². The number of hydrogen-bond donors (Lipinski definition) is 0. The summed E-state index contributed by atoms with van der Waals surface area (Å²) in [5.41, 5.74) is 0.240. The Kier molecular flexibility index (Phi) is 5.15. The molecule has 0 radical (unpaired) electrons. The third-order valence-electron chi connectivity index (χ3n) is 4.73. The molecule has 1 fully saturated rings. The van der Waals surface area contributed by atoms with E-state index in [4.69, 9.17) is 0 Å². The Morgan fingerprint density at radius 1 is 1.12 bits per heavy atom.